The van der Waals surface area contributed by atoms with Crippen LogP contribution < -0.4 is 14.4 Å². The summed E-state index contributed by atoms with van der Waals surface area (Å²) in [6.45, 7) is 1.54. The highest BCUT2D eigenvalue weighted by molar-refractivity contribution is 7.92. The van der Waals surface area contributed by atoms with E-state index in [1.807, 2.05) is 30.3 Å². The maximum atomic E-state index is 14.4. The van der Waals surface area contributed by atoms with Crippen molar-refractivity contribution in [2.24, 2.45) is 0 Å². The first-order valence-electron chi connectivity index (χ1n) is 13.9. The fraction of sp³-hybridized carbons (Fsp3) is 0.212. The molecule has 2 amide bonds. The summed E-state index contributed by atoms with van der Waals surface area (Å²) in [6.07, 6.45) is 0.202. The molecule has 44 heavy (non-hydrogen) atoms. The number of carbonyl (C=O) groups is 2. The second-order valence-electron chi connectivity index (χ2n) is 9.89. The Balaban J connectivity index is 1.80. The first kappa shape index (κ1) is 32.9. The minimum atomic E-state index is -4.20. The number of ether oxygens (including phenoxy) is 1. The number of halogens is 2. The van der Waals surface area contributed by atoms with Crippen LogP contribution in [-0.4, -0.2) is 51.4 Å². The number of rotatable bonds is 13. The molecule has 0 aromatic heterocycles. The van der Waals surface area contributed by atoms with Crippen LogP contribution in [0.5, 0.6) is 5.75 Å². The molecule has 11 heteroatoms. The van der Waals surface area contributed by atoms with Gasteiger partial charge in [0.2, 0.25) is 11.8 Å². The standard InChI is InChI=1S/C33H33Cl2N3O5S/c1-3-36-33(40)31(21-24-10-6-4-7-11-24)37(22-25-14-19-29(34)30(35)20-25)32(39)23-38(26-15-17-27(43-2)18-16-26)44(41,42)28-12-8-5-9-13-28/h4-20,31H,3,21-23H2,1-2H3,(H,36,40). The molecule has 1 atom stereocenters. The number of anilines is 1. The average Bonchev–Trinajstić information content (AvgIpc) is 3.04. The highest BCUT2D eigenvalue weighted by Gasteiger charge is 2.34. The highest BCUT2D eigenvalue weighted by Crippen LogP contribution is 2.28. The molecule has 4 rings (SSSR count). The smallest absolute Gasteiger partial charge is 0.264 e. The topological polar surface area (TPSA) is 96.0 Å². The lowest BCUT2D eigenvalue weighted by Gasteiger charge is -2.34. The van der Waals surface area contributed by atoms with Crippen molar-refractivity contribution in [3.63, 3.8) is 0 Å². The highest BCUT2D eigenvalue weighted by atomic mass is 35.5. The lowest BCUT2D eigenvalue weighted by atomic mass is 10.0. The number of methoxy groups -OCH3 is 1. The monoisotopic (exact) mass is 653 g/mol. The number of hydrogen-bond acceptors (Lipinski definition) is 5. The Morgan fingerprint density at radius 2 is 1.48 bits per heavy atom. The molecule has 0 saturated carbocycles. The fourth-order valence-corrected chi connectivity index (χ4v) is 6.43. The van der Waals surface area contributed by atoms with Crippen LogP contribution in [0.3, 0.4) is 0 Å². The minimum Gasteiger partial charge on any atom is -0.497 e. The van der Waals surface area contributed by atoms with Crippen molar-refractivity contribution in [3.05, 3.63) is 124 Å². The first-order valence-corrected chi connectivity index (χ1v) is 16.1. The molecule has 0 aliphatic rings. The van der Waals surface area contributed by atoms with Crippen LogP contribution in [0.15, 0.2) is 108 Å². The van der Waals surface area contributed by atoms with Gasteiger partial charge in [-0.2, -0.15) is 0 Å². The van der Waals surface area contributed by atoms with Crippen LogP contribution in [-0.2, 0) is 32.6 Å². The number of nitrogens with one attached hydrogen (secondary N) is 1. The predicted octanol–water partition coefficient (Wildman–Crippen LogP) is 5.97. The fourth-order valence-electron chi connectivity index (χ4n) is 4.68. The summed E-state index contributed by atoms with van der Waals surface area (Å²) in [5.74, 6) is -0.428. The van der Waals surface area contributed by atoms with Gasteiger partial charge in [-0.05, 0) is 66.6 Å². The number of benzene rings is 4. The van der Waals surface area contributed by atoms with E-state index in [2.05, 4.69) is 5.32 Å². The van der Waals surface area contributed by atoms with E-state index in [1.165, 1.54) is 24.1 Å². The van der Waals surface area contributed by atoms with E-state index in [-0.39, 0.29) is 29.5 Å². The van der Waals surface area contributed by atoms with Gasteiger partial charge >= 0.3 is 0 Å². The van der Waals surface area contributed by atoms with Gasteiger partial charge in [0, 0.05) is 19.5 Å². The van der Waals surface area contributed by atoms with Crippen LogP contribution in [0.1, 0.15) is 18.1 Å². The molecule has 0 saturated heterocycles. The second-order valence-corrected chi connectivity index (χ2v) is 12.6. The lowest BCUT2D eigenvalue weighted by molar-refractivity contribution is -0.140. The maximum absolute atomic E-state index is 14.4. The zero-order valence-corrected chi connectivity index (χ0v) is 26.6. The van der Waals surface area contributed by atoms with Gasteiger partial charge in [-0.25, -0.2) is 8.42 Å². The van der Waals surface area contributed by atoms with Crippen LogP contribution >= 0.6 is 23.2 Å². The summed E-state index contributed by atoms with van der Waals surface area (Å²) in [5, 5.41) is 3.47. The Labute approximate surface area is 268 Å². The van der Waals surface area contributed by atoms with Crippen LogP contribution in [0.25, 0.3) is 0 Å². The van der Waals surface area contributed by atoms with Crippen molar-refractivity contribution < 1.29 is 22.7 Å². The molecule has 0 bridgehead atoms. The van der Waals surface area contributed by atoms with Gasteiger partial charge in [-0.3, -0.25) is 13.9 Å². The van der Waals surface area contributed by atoms with E-state index < -0.39 is 28.5 Å². The van der Waals surface area contributed by atoms with Gasteiger partial charge in [0.05, 0.1) is 27.7 Å². The van der Waals surface area contributed by atoms with Crippen molar-refractivity contribution in [3.8, 4) is 5.75 Å². The Hall–Kier alpha value is -4.05. The molecule has 0 aliphatic carbocycles. The molecule has 0 fully saturated rings. The molecular formula is C33H33Cl2N3O5S. The minimum absolute atomic E-state index is 0.0178. The molecule has 0 radical (unpaired) electrons. The van der Waals surface area contributed by atoms with Crippen LogP contribution in [0, 0.1) is 0 Å². The molecule has 4 aromatic rings. The van der Waals surface area contributed by atoms with E-state index >= 15 is 0 Å². The third kappa shape index (κ3) is 8.11. The molecular weight excluding hydrogens is 621 g/mol. The number of sulfonamides is 1. The van der Waals surface area contributed by atoms with Crippen molar-refractivity contribution in [1.29, 1.82) is 0 Å². The maximum Gasteiger partial charge on any atom is 0.264 e. The summed E-state index contributed by atoms with van der Waals surface area (Å²) in [4.78, 5) is 29.3. The number of amides is 2. The Bertz CT molecular complexity index is 1670. The van der Waals surface area contributed by atoms with E-state index in [4.69, 9.17) is 27.9 Å². The van der Waals surface area contributed by atoms with Gasteiger partial charge in [-0.1, -0.05) is 77.8 Å². The summed E-state index contributed by atoms with van der Waals surface area (Å²) in [7, 11) is -2.69. The predicted molar refractivity (Wildman–Crippen MR) is 174 cm³/mol. The molecule has 1 N–H and O–H groups in total. The van der Waals surface area contributed by atoms with Gasteiger partial charge in [0.25, 0.3) is 10.0 Å². The first-order chi connectivity index (χ1) is 21.1. The van der Waals surface area contributed by atoms with Gasteiger partial charge in [0.1, 0.15) is 18.3 Å². The molecule has 0 spiro atoms. The van der Waals surface area contributed by atoms with Crippen molar-refractivity contribution in [1.82, 2.24) is 10.2 Å². The third-order valence-corrected chi connectivity index (χ3v) is 9.46. The number of hydrogen-bond donors (Lipinski definition) is 1. The van der Waals surface area contributed by atoms with E-state index in [1.54, 1.807) is 67.6 Å². The molecule has 0 aliphatic heterocycles. The summed E-state index contributed by atoms with van der Waals surface area (Å²) in [5.41, 5.74) is 1.71. The molecule has 1 unspecified atom stereocenters. The largest absolute Gasteiger partial charge is 0.497 e. The van der Waals surface area contributed by atoms with Gasteiger partial charge in [0.15, 0.2) is 0 Å². The van der Waals surface area contributed by atoms with Gasteiger partial charge < -0.3 is 15.0 Å². The van der Waals surface area contributed by atoms with E-state index in [0.29, 0.717) is 27.9 Å². The van der Waals surface area contributed by atoms with Crippen LogP contribution in [0.2, 0.25) is 10.0 Å². The lowest BCUT2D eigenvalue weighted by Crippen LogP contribution is -2.53. The second kappa shape index (κ2) is 15.1. The van der Waals surface area contributed by atoms with Crippen molar-refractivity contribution in [2.75, 3.05) is 24.5 Å². The van der Waals surface area contributed by atoms with Crippen LogP contribution in [0.4, 0.5) is 5.69 Å². The molecule has 4 aromatic carbocycles. The summed E-state index contributed by atoms with van der Waals surface area (Å²) in [6, 6.07) is 27.6. The zero-order chi connectivity index (χ0) is 31.7. The van der Waals surface area contributed by atoms with Crippen molar-refractivity contribution >= 4 is 50.7 Å². The molecule has 8 nitrogen and oxygen atoms in total. The van der Waals surface area contributed by atoms with Crippen molar-refractivity contribution in [2.45, 2.75) is 30.8 Å². The Kier molecular flexibility index (Phi) is 11.3. The Morgan fingerprint density at radius 3 is 2.07 bits per heavy atom. The molecule has 230 valence electrons. The number of carbonyl (C=O) groups excluding carboxylic acids is 2. The number of nitrogens with zero attached hydrogens (tertiary/aromatic N) is 2. The summed E-state index contributed by atoms with van der Waals surface area (Å²) < 4.78 is 34.3. The van der Waals surface area contributed by atoms with E-state index in [9.17, 15) is 18.0 Å². The van der Waals surface area contributed by atoms with Gasteiger partial charge in [-0.15, -0.1) is 0 Å². The third-order valence-electron chi connectivity index (χ3n) is 6.93. The SMILES string of the molecule is CCNC(=O)C(Cc1ccccc1)N(Cc1ccc(Cl)c(Cl)c1)C(=O)CN(c1ccc(OC)cc1)S(=O)(=O)c1ccccc1. The summed E-state index contributed by atoms with van der Waals surface area (Å²) >= 11 is 12.5. The Morgan fingerprint density at radius 1 is 0.841 bits per heavy atom. The normalized spacial score (nSPS) is 11.8. The quantitative estimate of drug-likeness (QED) is 0.192. The average molecular weight is 655 g/mol. The molecule has 0 heterocycles. The van der Waals surface area contributed by atoms with E-state index in [0.717, 1.165) is 9.87 Å². The zero-order valence-electron chi connectivity index (χ0n) is 24.3. The number of likely N-dealkylation sites (N-methyl/N-ethyl adjacent to an activating group) is 1.